The standard InChI is InChI=1S/C22H23ClN6O4/c1-21(2,3)32-19(30)29(20(31)33-22(4,5)6)18-26-17-11-14(7-8-28(17)27-18)15-9-13(12-24)10-16(23)25-15/h7-11H,1-6H3. The Morgan fingerprint density at radius 1 is 1.03 bits per heavy atom. The number of rotatable bonds is 2. The number of amides is 2. The average Bonchev–Trinajstić information content (AvgIpc) is 3.06. The number of aromatic nitrogens is 4. The highest BCUT2D eigenvalue weighted by Gasteiger charge is 2.35. The van der Waals surface area contributed by atoms with Crippen molar-refractivity contribution in [2.45, 2.75) is 52.7 Å². The van der Waals surface area contributed by atoms with Crippen LogP contribution in [0.1, 0.15) is 47.1 Å². The van der Waals surface area contributed by atoms with E-state index in [0.717, 1.165) is 0 Å². The lowest BCUT2D eigenvalue weighted by molar-refractivity contribution is 0.0427. The van der Waals surface area contributed by atoms with Gasteiger partial charge in [-0.25, -0.2) is 19.1 Å². The molecule has 33 heavy (non-hydrogen) atoms. The first-order valence-corrected chi connectivity index (χ1v) is 10.3. The number of pyridine rings is 2. The van der Waals surface area contributed by atoms with Gasteiger partial charge in [-0.3, -0.25) is 0 Å². The molecule has 0 N–H and O–H groups in total. The zero-order valence-corrected chi connectivity index (χ0v) is 19.8. The lowest BCUT2D eigenvalue weighted by Crippen LogP contribution is -2.44. The number of carbonyl (C=O) groups excluding carboxylic acids is 2. The number of ether oxygens (including phenoxy) is 2. The summed E-state index contributed by atoms with van der Waals surface area (Å²) in [5.74, 6) is -0.215. The van der Waals surface area contributed by atoms with Crippen LogP contribution in [0.3, 0.4) is 0 Å². The number of nitriles is 1. The predicted molar refractivity (Wildman–Crippen MR) is 121 cm³/mol. The van der Waals surface area contributed by atoms with Crippen molar-refractivity contribution in [1.29, 1.82) is 5.26 Å². The van der Waals surface area contributed by atoms with Crippen molar-refractivity contribution in [3.8, 4) is 17.3 Å². The van der Waals surface area contributed by atoms with Crippen LogP contribution in [0, 0.1) is 11.3 Å². The molecule has 10 nitrogen and oxygen atoms in total. The van der Waals surface area contributed by atoms with Gasteiger partial charge < -0.3 is 9.47 Å². The van der Waals surface area contributed by atoms with E-state index in [9.17, 15) is 14.9 Å². The largest absolute Gasteiger partial charge is 0.443 e. The van der Waals surface area contributed by atoms with Crippen LogP contribution in [-0.2, 0) is 9.47 Å². The Kier molecular flexibility index (Phi) is 6.29. The molecule has 0 saturated heterocycles. The average molecular weight is 471 g/mol. The van der Waals surface area contributed by atoms with Gasteiger partial charge >= 0.3 is 12.2 Å². The monoisotopic (exact) mass is 470 g/mol. The van der Waals surface area contributed by atoms with Crippen LogP contribution in [-0.4, -0.2) is 43.0 Å². The highest BCUT2D eigenvalue weighted by molar-refractivity contribution is 6.29. The summed E-state index contributed by atoms with van der Waals surface area (Å²) in [4.78, 5) is 34.8. The number of carbonyl (C=O) groups is 2. The molecule has 3 rings (SSSR count). The Bertz CT molecular complexity index is 1240. The lowest BCUT2D eigenvalue weighted by Gasteiger charge is -2.26. The second-order valence-corrected chi connectivity index (χ2v) is 9.49. The van der Waals surface area contributed by atoms with Crippen molar-refractivity contribution in [2.24, 2.45) is 0 Å². The van der Waals surface area contributed by atoms with Crippen molar-refractivity contribution >= 4 is 35.4 Å². The number of halogens is 1. The van der Waals surface area contributed by atoms with E-state index in [-0.39, 0.29) is 11.1 Å². The van der Waals surface area contributed by atoms with E-state index in [4.69, 9.17) is 21.1 Å². The molecule has 0 radical (unpaired) electrons. The maximum absolute atomic E-state index is 12.8. The summed E-state index contributed by atoms with van der Waals surface area (Å²) in [5.41, 5.74) is 0.0255. The fourth-order valence-corrected chi connectivity index (χ4v) is 2.89. The van der Waals surface area contributed by atoms with E-state index in [2.05, 4.69) is 15.1 Å². The van der Waals surface area contributed by atoms with E-state index in [0.29, 0.717) is 27.4 Å². The molecule has 0 aliphatic rings. The first-order chi connectivity index (χ1) is 15.3. The van der Waals surface area contributed by atoms with Gasteiger partial charge in [-0.1, -0.05) is 11.6 Å². The molecule has 172 valence electrons. The van der Waals surface area contributed by atoms with Gasteiger partial charge in [-0.05, 0) is 65.8 Å². The van der Waals surface area contributed by atoms with Crippen molar-refractivity contribution in [1.82, 2.24) is 19.6 Å². The molecule has 0 unspecified atom stereocenters. The molecular weight excluding hydrogens is 448 g/mol. The first-order valence-electron chi connectivity index (χ1n) is 9.96. The SMILES string of the molecule is CC(C)(C)OC(=O)N(C(=O)OC(C)(C)C)c1nc2cc(-c3cc(C#N)cc(Cl)n3)ccn2n1. The zero-order valence-electron chi connectivity index (χ0n) is 19.1. The van der Waals surface area contributed by atoms with Gasteiger partial charge in [-0.15, -0.1) is 10.00 Å². The van der Waals surface area contributed by atoms with Gasteiger partial charge in [0, 0.05) is 11.8 Å². The van der Waals surface area contributed by atoms with E-state index in [1.54, 1.807) is 65.9 Å². The summed E-state index contributed by atoms with van der Waals surface area (Å²) in [6.45, 7) is 10.1. The second-order valence-electron chi connectivity index (χ2n) is 9.10. The van der Waals surface area contributed by atoms with E-state index in [1.807, 2.05) is 6.07 Å². The van der Waals surface area contributed by atoms with Gasteiger partial charge in [0.25, 0.3) is 5.95 Å². The van der Waals surface area contributed by atoms with Crippen molar-refractivity contribution in [3.05, 3.63) is 41.2 Å². The van der Waals surface area contributed by atoms with Crippen LogP contribution in [0.15, 0.2) is 30.5 Å². The molecule has 3 aromatic heterocycles. The van der Waals surface area contributed by atoms with Crippen molar-refractivity contribution in [2.75, 3.05) is 4.90 Å². The molecule has 3 aromatic rings. The van der Waals surface area contributed by atoms with Gasteiger partial charge in [-0.2, -0.15) is 10.2 Å². The smallest absolute Gasteiger partial charge is 0.427 e. The molecule has 0 aliphatic heterocycles. The minimum absolute atomic E-state index is 0.173. The summed E-state index contributed by atoms with van der Waals surface area (Å²) >= 11 is 6.01. The molecule has 11 heteroatoms. The van der Waals surface area contributed by atoms with Crippen LogP contribution in [0.2, 0.25) is 5.15 Å². The molecule has 0 aromatic carbocycles. The normalized spacial score (nSPS) is 11.7. The number of fused-ring (bicyclic) bond motifs is 1. The summed E-state index contributed by atoms with van der Waals surface area (Å²) < 4.78 is 12.1. The maximum atomic E-state index is 12.8. The number of nitrogens with zero attached hydrogens (tertiary/aromatic N) is 6. The maximum Gasteiger partial charge on any atom is 0.427 e. The molecule has 0 saturated carbocycles. The molecular formula is C22H23ClN6O4. The van der Waals surface area contributed by atoms with Crippen molar-refractivity contribution < 1.29 is 19.1 Å². The highest BCUT2D eigenvalue weighted by atomic mass is 35.5. The Labute approximate surface area is 195 Å². The van der Waals surface area contributed by atoms with Crippen LogP contribution in [0.5, 0.6) is 0 Å². The Morgan fingerprint density at radius 3 is 2.18 bits per heavy atom. The van der Waals surface area contributed by atoms with Crippen LogP contribution >= 0.6 is 11.6 Å². The summed E-state index contributed by atoms with van der Waals surface area (Å²) in [6, 6.07) is 8.40. The van der Waals surface area contributed by atoms with E-state index < -0.39 is 23.4 Å². The van der Waals surface area contributed by atoms with E-state index in [1.165, 1.54) is 10.6 Å². The lowest BCUT2D eigenvalue weighted by atomic mass is 10.1. The molecule has 0 bridgehead atoms. The quantitative estimate of drug-likeness (QED) is 0.479. The first kappa shape index (κ1) is 23.9. The summed E-state index contributed by atoms with van der Waals surface area (Å²) in [7, 11) is 0. The summed E-state index contributed by atoms with van der Waals surface area (Å²) in [5, 5.41) is 13.6. The molecule has 2 amide bonds. The molecule has 0 fully saturated rings. The second kappa shape index (κ2) is 8.67. The fraction of sp³-hybridized carbons (Fsp3) is 0.364. The van der Waals surface area contributed by atoms with Crippen LogP contribution in [0.4, 0.5) is 15.5 Å². The third kappa shape index (κ3) is 5.96. The van der Waals surface area contributed by atoms with Gasteiger partial charge in [0.1, 0.15) is 16.4 Å². The van der Waals surface area contributed by atoms with Crippen LogP contribution in [0.25, 0.3) is 16.9 Å². The van der Waals surface area contributed by atoms with Crippen molar-refractivity contribution in [3.63, 3.8) is 0 Å². The molecule has 0 spiro atoms. The van der Waals surface area contributed by atoms with Gasteiger partial charge in [0.15, 0.2) is 5.65 Å². The molecule has 0 aliphatic carbocycles. The minimum atomic E-state index is -0.969. The number of hydrogen-bond donors (Lipinski definition) is 0. The van der Waals surface area contributed by atoms with E-state index >= 15 is 0 Å². The Hall–Kier alpha value is -3.71. The Balaban J connectivity index is 2.05. The third-order valence-electron chi connectivity index (χ3n) is 3.90. The Morgan fingerprint density at radius 2 is 1.64 bits per heavy atom. The third-order valence-corrected chi connectivity index (χ3v) is 4.09. The summed E-state index contributed by atoms with van der Waals surface area (Å²) in [6.07, 6.45) is -0.357. The highest BCUT2D eigenvalue weighted by Crippen LogP contribution is 2.24. The van der Waals surface area contributed by atoms with Gasteiger partial charge in [0.2, 0.25) is 0 Å². The van der Waals surface area contributed by atoms with Crippen LogP contribution < -0.4 is 4.90 Å². The molecule has 3 heterocycles. The zero-order chi connectivity index (χ0) is 24.6. The topological polar surface area (TPSA) is 123 Å². The number of hydrogen-bond acceptors (Lipinski definition) is 8. The fourth-order valence-electron chi connectivity index (χ4n) is 2.69. The molecule has 0 atom stereocenters. The predicted octanol–water partition coefficient (Wildman–Crippen LogP) is 4.99. The number of imide groups is 1. The van der Waals surface area contributed by atoms with Gasteiger partial charge in [0.05, 0.1) is 17.3 Å². The minimum Gasteiger partial charge on any atom is -0.443 e. The number of anilines is 1.